The highest BCUT2D eigenvalue weighted by atomic mass is 16.5. The first kappa shape index (κ1) is 18.7. The maximum Gasteiger partial charge on any atom is 0.236 e. The third-order valence-corrected chi connectivity index (χ3v) is 4.63. The van der Waals surface area contributed by atoms with Crippen LogP contribution in [0.4, 0.5) is 0 Å². The Labute approximate surface area is 145 Å². The quantitative estimate of drug-likeness (QED) is 0.703. The van der Waals surface area contributed by atoms with Crippen LogP contribution in [0.15, 0.2) is 30.3 Å². The molecule has 5 nitrogen and oxygen atoms in total. The molecular weight excluding hydrogens is 304 g/mol. The highest BCUT2D eigenvalue weighted by Gasteiger charge is 2.24. The molecule has 1 saturated heterocycles. The summed E-state index contributed by atoms with van der Waals surface area (Å²) in [7, 11) is 1.86. The second-order valence-corrected chi connectivity index (χ2v) is 6.46. The molecule has 5 heteroatoms. The predicted molar refractivity (Wildman–Crippen MR) is 95.1 cm³/mol. The van der Waals surface area contributed by atoms with Crippen LogP contribution in [0, 0.1) is 0 Å². The number of rotatable bonds is 9. The molecule has 0 saturated carbocycles. The van der Waals surface area contributed by atoms with Crippen LogP contribution >= 0.6 is 0 Å². The maximum absolute atomic E-state index is 12.4. The summed E-state index contributed by atoms with van der Waals surface area (Å²) in [6, 6.07) is 10.1. The molecular formula is C19H30N2O3. The van der Waals surface area contributed by atoms with Crippen LogP contribution in [-0.2, 0) is 4.79 Å². The molecule has 1 heterocycles. The monoisotopic (exact) mass is 334 g/mol. The van der Waals surface area contributed by atoms with Gasteiger partial charge >= 0.3 is 0 Å². The maximum atomic E-state index is 12.4. The number of amides is 1. The molecule has 1 N–H and O–H groups in total. The van der Waals surface area contributed by atoms with Crippen molar-refractivity contribution >= 4 is 5.91 Å². The summed E-state index contributed by atoms with van der Waals surface area (Å²) in [5.74, 6) is 1.02. The molecule has 1 amide bonds. The van der Waals surface area contributed by atoms with Crippen molar-refractivity contribution in [2.45, 2.75) is 38.1 Å². The van der Waals surface area contributed by atoms with Crippen molar-refractivity contribution in [2.24, 2.45) is 0 Å². The van der Waals surface area contributed by atoms with E-state index < -0.39 is 0 Å². The fourth-order valence-electron chi connectivity index (χ4n) is 3.17. The number of likely N-dealkylation sites (tertiary alicyclic amines) is 1. The SMILES string of the molecule is CN(CCCOc1ccccc1)C(=O)CN1CCCCC1CCO. The van der Waals surface area contributed by atoms with Crippen molar-refractivity contribution in [1.29, 1.82) is 0 Å². The molecule has 24 heavy (non-hydrogen) atoms. The Morgan fingerprint density at radius 3 is 2.88 bits per heavy atom. The molecule has 1 aromatic carbocycles. The molecule has 1 aliphatic rings. The van der Waals surface area contributed by atoms with Gasteiger partial charge in [0.25, 0.3) is 0 Å². The summed E-state index contributed by atoms with van der Waals surface area (Å²) in [6.45, 7) is 2.92. The average molecular weight is 334 g/mol. The van der Waals surface area contributed by atoms with Gasteiger partial charge in [0, 0.05) is 26.2 Å². The number of hydrogen-bond acceptors (Lipinski definition) is 4. The largest absolute Gasteiger partial charge is 0.494 e. The summed E-state index contributed by atoms with van der Waals surface area (Å²) in [4.78, 5) is 16.4. The number of ether oxygens (including phenoxy) is 1. The molecule has 1 fully saturated rings. The van der Waals surface area contributed by atoms with E-state index in [1.54, 1.807) is 4.90 Å². The number of para-hydroxylation sites is 1. The van der Waals surface area contributed by atoms with E-state index in [9.17, 15) is 9.90 Å². The minimum Gasteiger partial charge on any atom is -0.494 e. The topological polar surface area (TPSA) is 53.0 Å². The van der Waals surface area contributed by atoms with Gasteiger partial charge in [-0.05, 0) is 44.4 Å². The minimum absolute atomic E-state index is 0.152. The Morgan fingerprint density at radius 1 is 1.33 bits per heavy atom. The number of carbonyl (C=O) groups excluding carboxylic acids is 1. The number of aliphatic hydroxyl groups is 1. The zero-order valence-corrected chi connectivity index (χ0v) is 14.7. The van der Waals surface area contributed by atoms with E-state index in [2.05, 4.69) is 4.90 Å². The fourth-order valence-corrected chi connectivity index (χ4v) is 3.17. The summed E-state index contributed by atoms with van der Waals surface area (Å²) < 4.78 is 5.66. The van der Waals surface area contributed by atoms with Crippen LogP contribution in [-0.4, -0.2) is 66.8 Å². The highest BCUT2D eigenvalue weighted by molar-refractivity contribution is 5.78. The van der Waals surface area contributed by atoms with Crippen LogP contribution in [0.25, 0.3) is 0 Å². The van der Waals surface area contributed by atoms with E-state index >= 15 is 0 Å². The first-order chi connectivity index (χ1) is 11.7. The van der Waals surface area contributed by atoms with Gasteiger partial charge in [0.1, 0.15) is 5.75 Å². The van der Waals surface area contributed by atoms with Crippen LogP contribution in [0.2, 0.25) is 0 Å². The van der Waals surface area contributed by atoms with Gasteiger partial charge < -0.3 is 14.7 Å². The van der Waals surface area contributed by atoms with Crippen LogP contribution in [0.3, 0.4) is 0 Å². The number of carbonyl (C=O) groups is 1. The van der Waals surface area contributed by atoms with Gasteiger partial charge in [0.15, 0.2) is 0 Å². The third-order valence-electron chi connectivity index (χ3n) is 4.63. The van der Waals surface area contributed by atoms with E-state index in [0.717, 1.165) is 38.0 Å². The highest BCUT2D eigenvalue weighted by Crippen LogP contribution is 2.19. The number of hydrogen-bond donors (Lipinski definition) is 1. The number of aliphatic hydroxyl groups excluding tert-OH is 1. The van der Waals surface area contributed by atoms with Gasteiger partial charge in [-0.2, -0.15) is 0 Å². The van der Waals surface area contributed by atoms with E-state index in [1.165, 1.54) is 6.42 Å². The van der Waals surface area contributed by atoms with Crippen molar-refractivity contribution in [3.8, 4) is 5.75 Å². The van der Waals surface area contributed by atoms with Crippen molar-refractivity contribution in [2.75, 3.05) is 39.9 Å². The van der Waals surface area contributed by atoms with Crippen LogP contribution < -0.4 is 4.74 Å². The van der Waals surface area contributed by atoms with Gasteiger partial charge in [-0.3, -0.25) is 9.69 Å². The molecule has 134 valence electrons. The minimum atomic E-state index is 0.152. The van der Waals surface area contributed by atoms with E-state index in [1.807, 2.05) is 37.4 Å². The molecule has 1 aromatic rings. The number of likely N-dealkylation sites (N-methyl/N-ethyl adjacent to an activating group) is 1. The van der Waals surface area contributed by atoms with Gasteiger partial charge in [-0.25, -0.2) is 0 Å². The van der Waals surface area contributed by atoms with E-state index in [0.29, 0.717) is 25.7 Å². The number of benzene rings is 1. The lowest BCUT2D eigenvalue weighted by molar-refractivity contribution is -0.132. The molecule has 1 atom stereocenters. The van der Waals surface area contributed by atoms with Crippen molar-refractivity contribution in [3.05, 3.63) is 30.3 Å². The predicted octanol–water partition coefficient (Wildman–Crippen LogP) is 2.15. The zero-order valence-electron chi connectivity index (χ0n) is 14.7. The van der Waals surface area contributed by atoms with Gasteiger partial charge in [-0.1, -0.05) is 24.6 Å². The van der Waals surface area contributed by atoms with Gasteiger partial charge in [0.2, 0.25) is 5.91 Å². The normalized spacial score (nSPS) is 18.3. The van der Waals surface area contributed by atoms with Crippen LogP contribution in [0.5, 0.6) is 5.75 Å². The van der Waals surface area contributed by atoms with E-state index in [4.69, 9.17) is 4.74 Å². The molecule has 0 spiro atoms. The third kappa shape index (κ3) is 6.13. The van der Waals surface area contributed by atoms with E-state index in [-0.39, 0.29) is 12.5 Å². The van der Waals surface area contributed by atoms with Crippen molar-refractivity contribution < 1.29 is 14.6 Å². The second kappa shape index (κ2) is 10.3. The number of nitrogens with zero attached hydrogens (tertiary/aromatic N) is 2. The molecule has 2 rings (SSSR count). The Morgan fingerprint density at radius 2 is 2.12 bits per heavy atom. The molecule has 1 unspecified atom stereocenters. The summed E-state index contributed by atoms with van der Waals surface area (Å²) in [5, 5.41) is 9.18. The summed E-state index contributed by atoms with van der Waals surface area (Å²) in [5.41, 5.74) is 0. The Hall–Kier alpha value is -1.59. The molecule has 0 radical (unpaired) electrons. The standard InChI is InChI=1S/C19H30N2O3/c1-20(12-7-15-24-18-9-3-2-4-10-18)19(23)16-21-13-6-5-8-17(21)11-14-22/h2-4,9-10,17,22H,5-8,11-16H2,1H3. The summed E-state index contributed by atoms with van der Waals surface area (Å²) in [6.07, 6.45) is 5.01. The van der Waals surface area contributed by atoms with Crippen molar-refractivity contribution in [3.63, 3.8) is 0 Å². The first-order valence-corrected chi connectivity index (χ1v) is 8.97. The second-order valence-electron chi connectivity index (χ2n) is 6.46. The van der Waals surface area contributed by atoms with Gasteiger partial charge in [-0.15, -0.1) is 0 Å². The first-order valence-electron chi connectivity index (χ1n) is 8.97. The molecule has 0 aliphatic carbocycles. The molecule has 1 aliphatic heterocycles. The Kier molecular flexibility index (Phi) is 8.05. The molecule has 0 aromatic heterocycles. The molecule has 0 bridgehead atoms. The van der Waals surface area contributed by atoms with Gasteiger partial charge in [0.05, 0.1) is 13.2 Å². The Bertz CT molecular complexity index is 479. The lowest BCUT2D eigenvalue weighted by Gasteiger charge is -2.35. The summed E-state index contributed by atoms with van der Waals surface area (Å²) >= 11 is 0. The smallest absolute Gasteiger partial charge is 0.236 e. The Balaban J connectivity index is 1.67. The lowest BCUT2D eigenvalue weighted by atomic mass is 9.99. The fraction of sp³-hybridized carbons (Fsp3) is 0.632. The van der Waals surface area contributed by atoms with Crippen LogP contribution in [0.1, 0.15) is 32.1 Å². The average Bonchev–Trinajstić information content (AvgIpc) is 2.61. The number of piperidine rings is 1. The van der Waals surface area contributed by atoms with Crippen molar-refractivity contribution in [1.82, 2.24) is 9.80 Å². The zero-order chi connectivity index (χ0) is 17.2. The lowest BCUT2D eigenvalue weighted by Crippen LogP contribution is -2.46.